The number of ether oxygens (including phenoxy) is 2. The number of hydrogen-bond donors (Lipinski definition) is 3. The third-order valence-corrected chi connectivity index (χ3v) is 3.33. The number of nitrogens with one attached hydrogen (secondary N) is 2. The zero-order chi connectivity index (χ0) is 14.1. The molecule has 0 aromatic rings. The number of aliphatic carboxylic acids is 1. The van der Waals surface area contributed by atoms with Crippen LogP contribution in [-0.2, 0) is 14.3 Å². The highest BCUT2D eigenvalue weighted by Gasteiger charge is 2.40. The lowest BCUT2D eigenvalue weighted by Gasteiger charge is -2.33. The molecule has 0 aromatic carbocycles. The van der Waals surface area contributed by atoms with Crippen LogP contribution in [0.5, 0.6) is 0 Å². The topological polar surface area (TPSA) is 79.8 Å². The first-order valence-electron chi connectivity index (χ1n) is 7.00. The van der Waals surface area contributed by atoms with Crippen LogP contribution < -0.4 is 10.6 Å². The Morgan fingerprint density at radius 1 is 1.42 bits per heavy atom. The van der Waals surface area contributed by atoms with Crippen molar-refractivity contribution in [3.63, 3.8) is 0 Å². The standard InChI is InChI=1S/C8H15NO3.C5H11NO/c1-2-12-8(7(10)11)3-5-9-6-4-8;1-5-4-7-3-2-6-5/h9H,2-6H2,1H3,(H,10,11);5-6H,2-4H2,1H3/t;5-/m.0/s1. The van der Waals surface area contributed by atoms with Crippen LogP contribution in [0.4, 0.5) is 0 Å². The summed E-state index contributed by atoms with van der Waals surface area (Å²) >= 11 is 0. The van der Waals surface area contributed by atoms with Crippen LogP contribution in [0.25, 0.3) is 0 Å². The summed E-state index contributed by atoms with van der Waals surface area (Å²) < 4.78 is 10.4. The molecule has 2 heterocycles. The molecule has 0 saturated carbocycles. The van der Waals surface area contributed by atoms with Gasteiger partial charge < -0.3 is 25.2 Å². The molecule has 0 amide bonds. The molecule has 6 nitrogen and oxygen atoms in total. The SMILES string of the molecule is CCOC1(C(=O)O)CCNCC1.C[C@H]1COCCN1. The van der Waals surface area contributed by atoms with E-state index in [1.54, 1.807) is 0 Å². The van der Waals surface area contributed by atoms with Gasteiger partial charge in [-0.1, -0.05) is 0 Å². The zero-order valence-corrected chi connectivity index (χ0v) is 11.9. The van der Waals surface area contributed by atoms with Crippen molar-refractivity contribution < 1.29 is 19.4 Å². The van der Waals surface area contributed by atoms with Gasteiger partial charge in [0.05, 0.1) is 13.2 Å². The highest BCUT2D eigenvalue weighted by Crippen LogP contribution is 2.23. The van der Waals surface area contributed by atoms with Crippen molar-refractivity contribution in [1.29, 1.82) is 0 Å². The van der Waals surface area contributed by atoms with E-state index < -0.39 is 11.6 Å². The Morgan fingerprint density at radius 2 is 2.11 bits per heavy atom. The van der Waals surface area contributed by atoms with Crippen molar-refractivity contribution in [3.05, 3.63) is 0 Å². The third-order valence-electron chi connectivity index (χ3n) is 3.33. The van der Waals surface area contributed by atoms with Gasteiger partial charge in [0.2, 0.25) is 0 Å². The van der Waals surface area contributed by atoms with Crippen LogP contribution in [0, 0.1) is 0 Å². The Hall–Kier alpha value is -0.690. The minimum Gasteiger partial charge on any atom is -0.479 e. The lowest BCUT2D eigenvalue weighted by atomic mass is 9.92. The maximum absolute atomic E-state index is 10.9. The Balaban J connectivity index is 0.000000218. The highest BCUT2D eigenvalue weighted by molar-refractivity contribution is 5.77. The minimum atomic E-state index is -0.917. The quantitative estimate of drug-likeness (QED) is 0.683. The van der Waals surface area contributed by atoms with Crippen LogP contribution in [0.3, 0.4) is 0 Å². The molecule has 0 radical (unpaired) electrons. The predicted molar refractivity (Wildman–Crippen MR) is 72.4 cm³/mol. The van der Waals surface area contributed by atoms with Gasteiger partial charge in [0, 0.05) is 19.2 Å². The molecule has 2 aliphatic rings. The van der Waals surface area contributed by atoms with Crippen molar-refractivity contribution in [2.24, 2.45) is 0 Å². The van der Waals surface area contributed by atoms with E-state index in [-0.39, 0.29) is 0 Å². The molecule has 6 heteroatoms. The minimum absolute atomic E-state index is 0.465. The van der Waals surface area contributed by atoms with Gasteiger partial charge in [0.1, 0.15) is 0 Å². The molecular weight excluding hydrogens is 248 g/mol. The lowest BCUT2D eigenvalue weighted by molar-refractivity contribution is -0.169. The summed E-state index contributed by atoms with van der Waals surface area (Å²) in [4.78, 5) is 10.9. The molecule has 1 atom stereocenters. The average molecular weight is 274 g/mol. The van der Waals surface area contributed by atoms with E-state index in [0.29, 0.717) is 25.5 Å². The van der Waals surface area contributed by atoms with Gasteiger partial charge in [-0.15, -0.1) is 0 Å². The Kier molecular flexibility index (Phi) is 7.30. The number of piperidine rings is 1. The molecule has 2 rings (SSSR count). The molecule has 0 unspecified atom stereocenters. The van der Waals surface area contributed by atoms with Gasteiger partial charge in [-0.25, -0.2) is 4.79 Å². The molecule has 0 bridgehead atoms. The second-order valence-corrected chi connectivity index (χ2v) is 4.91. The maximum Gasteiger partial charge on any atom is 0.336 e. The first-order chi connectivity index (χ1) is 9.10. The molecule has 0 spiro atoms. The molecule has 3 N–H and O–H groups in total. The summed E-state index contributed by atoms with van der Waals surface area (Å²) in [5.74, 6) is -0.828. The Morgan fingerprint density at radius 3 is 2.47 bits per heavy atom. The van der Waals surface area contributed by atoms with E-state index in [0.717, 1.165) is 32.8 Å². The highest BCUT2D eigenvalue weighted by atomic mass is 16.5. The van der Waals surface area contributed by atoms with Crippen molar-refractivity contribution in [1.82, 2.24) is 10.6 Å². The summed E-state index contributed by atoms with van der Waals surface area (Å²) in [7, 11) is 0. The van der Waals surface area contributed by atoms with E-state index >= 15 is 0 Å². The van der Waals surface area contributed by atoms with Gasteiger partial charge in [-0.05, 0) is 39.8 Å². The fourth-order valence-corrected chi connectivity index (χ4v) is 2.22. The number of carboxylic acid groups (broad SMARTS) is 1. The number of morpholine rings is 1. The molecule has 2 saturated heterocycles. The van der Waals surface area contributed by atoms with Crippen LogP contribution >= 0.6 is 0 Å². The van der Waals surface area contributed by atoms with Gasteiger partial charge >= 0.3 is 5.97 Å². The first kappa shape index (κ1) is 16.4. The Labute approximate surface area is 114 Å². The van der Waals surface area contributed by atoms with E-state index in [4.69, 9.17) is 14.6 Å². The van der Waals surface area contributed by atoms with Crippen molar-refractivity contribution in [2.75, 3.05) is 39.5 Å². The smallest absolute Gasteiger partial charge is 0.336 e. The van der Waals surface area contributed by atoms with Crippen molar-refractivity contribution in [2.45, 2.75) is 38.3 Å². The van der Waals surface area contributed by atoms with Crippen molar-refractivity contribution >= 4 is 5.97 Å². The second kappa shape index (κ2) is 8.47. The fourth-order valence-electron chi connectivity index (χ4n) is 2.22. The average Bonchev–Trinajstić information content (AvgIpc) is 2.41. The van der Waals surface area contributed by atoms with E-state index in [1.165, 1.54) is 0 Å². The van der Waals surface area contributed by atoms with Gasteiger partial charge in [0.15, 0.2) is 5.60 Å². The maximum atomic E-state index is 10.9. The van der Waals surface area contributed by atoms with Crippen LogP contribution in [0.2, 0.25) is 0 Å². The normalized spacial score (nSPS) is 26.1. The van der Waals surface area contributed by atoms with Gasteiger partial charge in [-0.3, -0.25) is 0 Å². The summed E-state index contributed by atoms with van der Waals surface area (Å²) in [6.45, 7) is 8.64. The molecule has 19 heavy (non-hydrogen) atoms. The largest absolute Gasteiger partial charge is 0.479 e. The van der Waals surface area contributed by atoms with Crippen LogP contribution in [0.15, 0.2) is 0 Å². The zero-order valence-electron chi connectivity index (χ0n) is 11.9. The van der Waals surface area contributed by atoms with Gasteiger partial charge in [0.25, 0.3) is 0 Å². The predicted octanol–water partition coefficient (Wildman–Crippen LogP) is 0.224. The molecule has 2 aliphatic heterocycles. The third kappa shape index (κ3) is 5.44. The summed E-state index contributed by atoms with van der Waals surface area (Å²) in [6, 6.07) is 0.564. The first-order valence-corrected chi connectivity index (χ1v) is 7.00. The van der Waals surface area contributed by atoms with E-state index in [1.807, 2.05) is 6.92 Å². The van der Waals surface area contributed by atoms with E-state index in [9.17, 15) is 4.79 Å². The van der Waals surface area contributed by atoms with Crippen molar-refractivity contribution in [3.8, 4) is 0 Å². The number of rotatable bonds is 3. The molecule has 0 aliphatic carbocycles. The molecular formula is C13H26N2O4. The van der Waals surface area contributed by atoms with Crippen LogP contribution in [-0.4, -0.2) is 62.2 Å². The Bertz CT molecular complexity index is 256. The molecule has 112 valence electrons. The lowest BCUT2D eigenvalue weighted by Crippen LogP contribution is -2.49. The number of carboxylic acids is 1. The summed E-state index contributed by atoms with van der Waals surface area (Å²) in [5.41, 5.74) is -0.917. The molecule has 0 aromatic heterocycles. The van der Waals surface area contributed by atoms with E-state index in [2.05, 4.69) is 17.6 Å². The fraction of sp³-hybridized carbons (Fsp3) is 0.923. The number of carbonyl (C=O) groups is 1. The molecule has 2 fully saturated rings. The second-order valence-electron chi connectivity index (χ2n) is 4.91. The van der Waals surface area contributed by atoms with Crippen LogP contribution in [0.1, 0.15) is 26.7 Å². The summed E-state index contributed by atoms with van der Waals surface area (Å²) in [5, 5.41) is 15.3. The monoisotopic (exact) mass is 274 g/mol. The number of hydrogen-bond acceptors (Lipinski definition) is 5. The summed E-state index contributed by atoms with van der Waals surface area (Å²) in [6.07, 6.45) is 1.13. The van der Waals surface area contributed by atoms with Gasteiger partial charge in [-0.2, -0.15) is 0 Å².